The maximum atomic E-state index is 12.9. The van der Waals surface area contributed by atoms with Crippen molar-refractivity contribution in [2.24, 2.45) is 13.0 Å². The predicted octanol–water partition coefficient (Wildman–Crippen LogP) is 7.24. The molecule has 1 N–H and O–H groups in total. The number of hydrogen-bond acceptors (Lipinski definition) is 4. The van der Waals surface area contributed by atoms with Crippen LogP contribution >= 0.6 is 58.2 Å². The van der Waals surface area contributed by atoms with Gasteiger partial charge in [-0.2, -0.15) is 0 Å². The lowest BCUT2D eigenvalue weighted by Gasteiger charge is -2.20. The molecule has 1 amide bonds. The van der Waals surface area contributed by atoms with Crippen LogP contribution in [0, 0.1) is 5.92 Å². The van der Waals surface area contributed by atoms with Gasteiger partial charge in [-0.3, -0.25) is 4.79 Å². The number of halogens is 4. The van der Waals surface area contributed by atoms with Crippen molar-refractivity contribution in [1.29, 1.82) is 0 Å². The molecule has 10 heteroatoms. The SMILES string of the molecule is CC(C)C[C@H](NC(=O)c1ccc(Cl)cc1Cl)c1nnc(SCc2ccc(Cl)cc2Cl)n1C. The molecule has 0 spiro atoms. The number of aromatic nitrogens is 3. The first-order valence-electron chi connectivity index (χ1n) is 9.87. The van der Waals surface area contributed by atoms with Gasteiger partial charge in [0.15, 0.2) is 11.0 Å². The number of rotatable bonds is 8. The van der Waals surface area contributed by atoms with Gasteiger partial charge >= 0.3 is 0 Å². The van der Waals surface area contributed by atoms with Crippen molar-refractivity contribution in [3.63, 3.8) is 0 Å². The molecule has 0 aliphatic rings. The van der Waals surface area contributed by atoms with Crippen molar-refractivity contribution < 1.29 is 4.79 Å². The zero-order valence-electron chi connectivity index (χ0n) is 17.7. The summed E-state index contributed by atoms with van der Waals surface area (Å²) in [4.78, 5) is 12.9. The first-order valence-corrected chi connectivity index (χ1v) is 12.4. The molecule has 3 aromatic rings. The molecule has 2 aromatic carbocycles. The van der Waals surface area contributed by atoms with Crippen LogP contribution < -0.4 is 5.32 Å². The first kappa shape index (κ1) is 25.2. The molecule has 0 radical (unpaired) electrons. The zero-order chi connectivity index (χ0) is 23.4. The van der Waals surface area contributed by atoms with Crippen LogP contribution in [-0.4, -0.2) is 20.7 Å². The second-order valence-corrected chi connectivity index (χ2v) is 10.3. The number of thioether (sulfide) groups is 1. The van der Waals surface area contributed by atoms with Crippen molar-refractivity contribution in [2.45, 2.75) is 37.2 Å². The van der Waals surface area contributed by atoms with E-state index in [1.807, 2.05) is 23.7 Å². The molecule has 32 heavy (non-hydrogen) atoms. The number of nitrogens with one attached hydrogen (secondary N) is 1. The number of hydrogen-bond donors (Lipinski definition) is 1. The van der Waals surface area contributed by atoms with Crippen LogP contribution in [-0.2, 0) is 12.8 Å². The molecule has 0 bridgehead atoms. The van der Waals surface area contributed by atoms with Gasteiger partial charge in [0.2, 0.25) is 0 Å². The lowest BCUT2D eigenvalue weighted by molar-refractivity contribution is 0.0929. The van der Waals surface area contributed by atoms with Gasteiger partial charge in [-0.1, -0.05) is 78.1 Å². The largest absolute Gasteiger partial charge is 0.342 e. The summed E-state index contributed by atoms with van der Waals surface area (Å²) >= 11 is 25.9. The molecule has 0 saturated carbocycles. The predicted molar refractivity (Wildman–Crippen MR) is 133 cm³/mol. The highest BCUT2D eigenvalue weighted by Crippen LogP contribution is 2.30. The Morgan fingerprint density at radius 2 is 1.69 bits per heavy atom. The third-order valence-electron chi connectivity index (χ3n) is 4.74. The normalized spacial score (nSPS) is 12.2. The Morgan fingerprint density at radius 1 is 1.03 bits per heavy atom. The van der Waals surface area contributed by atoms with Gasteiger partial charge in [-0.25, -0.2) is 0 Å². The van der Waals surface area contributed by atoms with E-state index in [0.717, 1.165) is 10.7 Å². The Morgan fingerprint density at radius 3 is 2.31 bits per heavy atom. The summed E-state index contributed by atoms with van der Waals surface area (Å²) in [5.74, 6) is 1.31. The number of nitrogens with zero attached hydrogens (tertiary/aromatic N) is 3. The van der Waals surface area contributed by atoms with E-state index < -0.39 is 0 Å². The standard InChI is InChI=1S/C22H22Cl4N4OS/c1-12(2)8-19(27-21(31)16-7-6-15(24)10-18(16)26)20-28-29-22(30(20)3)32-11-13-4-5-14(23)9-17(13)25/h4-7,9-10,12,19H,8,11H2,1-3H3,(H,27,31)/t19-/m0/s1. The molecular weight excluding hydrogens is 510 g/mol. The molecule has 1 aromatic heterocycles. The Labute approximate surface area is 211 Å². The van der Waals surface area contributed by atoms with Crippen LogP contribution in [0.2, 0.25) is 20.1 Å². The van der Waals surface area contributed by atoms with E-state index in [2.05, 4.69) is 29.4 Å². The highest BCUT2D eigenvalue weighted by molar-refractivity contribution is 7.98. The Hall–Kier alpha value is -1.44. The van der Waals surface area contributed by atoms with Gasteiger partial charge in [0.1, 0.15) is 0 Å². The van der Waals surface area contributed by atoms with E-state index in [4.69, 9.17) is 46.4 Å². The fourth-order valence-corrected chi connectivity index (χ4v) is 5.12. The molecule has 0 unspecified atom stereocenters. The topological polar surface area (TPSA) is 59.8 Å². The summed E-state index contributed by atoms with van der Waals surface area (Å²) in [6.07, 6.45) is 0.691. The van der Waals surface area contributed by atoms with E-state index in [0.29, 0.717) is 49.6 Å². The minimum absolute atomic E-state index is 0.289. The summed E-state index contributed by atoms with van der Waals surface area (Å²) < 4.78 is 1.89. The van der Waals surface area contributed by atoms with Crippen LogP contribution in [0.15, 0.2) is 41.6 Å². The minimum Gasteiger partial charge on any atom is -0.342 e. The molecule has 5 nitrogen and oxygen atoms in total. The Bertz CT molecular complexity index is 1120. The van der Waals surface area contributed by atoms with Gasteiger partial charge in [0.25, 0.3) is 5.91 Å². The smallest absolute Gasteiger partial charge is 0.253 e. The van der Waals surface area contributed by atoms with E-state index in [-0.39, 0.29) is 11.9 Å². The zero-order valence-corrected chi connectivity index (χ0v) is 21.5. The quantitative estimate of drug-likeness (QED) is 0.311. The summed E-state index contributed by atoms with van der Waals surface area (Å²) in [7, 11) is 1.88. The van der Waals surface area contributed by atoms with Gasteiger partial charge in [0, 0.05) is 27.9 Å². The fourth-order valence-electron chi connectivity index (χ4n) is 3.15. The number of carbonyl (C=O) groups is 1. The van der Waals surface area contributed by atoms with E-state index in [1.54, 1.807) is 24.3 Å². The van der Waals surface area contributed by atoms with Crippen molar-refractivity contribution in [3.8, 4) is 0 Å². The van der Waals surface area contributed by atoms with Crippen LogP contribution in [0.25, 0.3) is 0 Å². The minimum atomic E-state index is -0.333. The maximum absolute atomic E-state index is 12.9. The molecular formula is C22H22Cl4N4OS. The molecule has 0 saturated heterocycles. The molecule has 0 aliphatic carbocycles. The summed E-state index contributed by atoms with van der Waals surface area (Å²) in [6, 6.07) is 9.89. The van der Waals surface area contributed by atoms with Crippen LogP contribution in [0.3, 0.4) is 0 Å². The van der Waals surface area contributed by atoms with Gasteiger partial charge in [-0.15, -0.1) is 10.2 Å². The van der Waals surface area contributed by atoms with Crippen LogP contribution in [0.4, 0.5) is 0 Å². The molecule has 0 aliphatic heterocycles. The highest BCUT2D eigenvalue weighted by Gasteiger charge is 2.24. The Kier molecular flexibility index (Phi) is 8.75. The third kappa shape index (κ3) is 6.33. The molecule has 170 valence electrons. The second-order valence-electron chi connectivity index (χ2n) is 7.70. The van der Waals surface area contributed by atoms with Crippen molar-refractivity contribution in [1.82, 2.24) is 20.1 Å². The average molecular weight is 532 g/mol. The van der Waals surface area contributed by atoms with Crippen molar-refractivity contribution >= 4 is 64.1 Å². The van der Waals surface area contributed by atoms with Gasteiger partial charge in [-0.05, 0) is 48.2 Å². The van der Waals surface area contributed by atoms with Crippen LogP contribution in [0.1, 0.15) is 48.1 Å². The summed E-state index contributed by atoms with van der Waals surface area (Å²) in [6.45, 7) is 4.17. The highest BCUT2D eigenvalue weighted by atomic mass is 35.5. The molecule has 1 atom stereocenters. The molecule has 1 heterocycles. The van der Waals surface area contributed by atoms with E-state index >= 15 is 0 Å². The van der Waals surface area contributed by atoms with Crippen molar-refractivity contribution in [3.05, 3.63) is 73.4 Å². The van der Waals surface area contributed by atoms with E-state index in [1.165, 1.54) is 11.8 Å². The lowest BCUT2D eigenvalue weighted by Crippen LogP contribution is -2.31. The van der Waals surface area contributed by atoms with Gasteiger partial charge in [0.05, 0.1) is 16.6 Å². The molecule has 0 fully saturated rings. The lowest BCUT2D eigenvalue weighted by atomic mass is 10.0. The second kappa shape index (κ2) is 11.1. The third-order valence-corrected chi connectivity index (χ3v) is 6.94. The van der Waals surface area contributed by atoms with E-state index in [9.17, 15) is 4.79 Å². The molecule has 3 rings (SSSR count). The van der Waals surface area contributed by atoms with Crippen LogP contribution in [0.5, 0.6) is 0 Å². The number of amides is 1. The number of benzene rings is 2. The number of carbonyl (C=O) groups excluding carboxylic acids is 1. The summed E-state index contributed by atoms with van der Waals surface area (Å²) in [5.41, 5.74) is 1.31. The monoisotopic (exact) mass is 530 g/mol. The van der Waals surface area contributed by atoms with Gasteiger partial charge < -0.3 is 9.88 Å². The Balaban J connectivity index is 1.79. The summed E-state index contributed by atoms with van der Waals surface area (Å²) in [5, 5.41) is 14.4. The van der Waals surface area contributed by atoms with Crippen molar-refractivity contribution in [2.75, 3.05) is 0 Å². The maximum Gasteiger partial charge on any atom is 0.253 e. The first-order chi connectivity index (χ1) is 15.2. The fraction of sp³-hybridized carbons (Fsp3) is 0.318. The average Bonchev–Trinajstić information content (AvgIpc) is 3.06.